The van der Waals surface area contributed by atoms with Crippen LogP contribution in [0.5, 0.6) is 0 Å². The van der Waals surface area contributed by atoms with Gasteiger partial charge in [0.2, 0.25) is 0 Å². The van der Waals surface area contributed by atoms with Gasteiger partial charge in [0.05, 0.1) is 0 Å². The van der Waals surface area contributed by atoms with Crippen LogP contribution in [0, 0.1) is 17.8 Å². The Balaban J connectivity index is 1.46. The smallest absolute Gasteiger partial charge is 0.0245 e. The largest absolute Gasteiger partial charge is 0.0945 e. The average Bonchev–Trinajstić information content (AvgIpc) is 2.78. The van der Waals surface area contributed by atoms with Gasteiger partial charge >= 0.3 is 0 Å². The lowest BCUT2D eigenvalue weighted by atomic mass is 9.78. The summed E-state index contributed by atoms with van der Waals surface area (Å²) in [6.45, 7) is 4.52. The second-order valence-electron chi connectivity index (χ2n) is 8.82. The minimum absolute atomic E-state index is 0.569. The van der Waals surface area contributed by atoms with Crippen LogP contribution < -0.4 is 0 Å². The highest BCUT2D eigenvalue weighted by Crippen LogP contribution is 2.35. The molecule has 2 aromatic rings. The molecule has 2 aromatic carbocycles. The molecule has 0 aliphatic heterocycles. The first kappa shape index (κ1) is 21.7. The van der Waals surface area contributed by atoms with E-state index in [1.54, 1.807) is 5.56 Å². The first-order chi connectivity index (χ1) is 14.3. The third kappa shape index (κ3) is 7.08. The summed E-state index contributed by atoms with van der Waals surface area (Å²) in [5, 5.41) is 0. The fourth-order valence-electron chi connectivity index (χ4n) is 4.43. The predicted molar refractivity (Wildman–Crippen MR) is 126 cm³/mol. The summed E-state index contributed by atoms with van der Waals surface area (Å²) in [6, 6.07) is 18.4. The van der Waals surface area contributed by atoms with E-state index in [2.05, 4.69) is 74.2 Å². The summed E-state index contributed by atoms with van der Waals surface area (Å²) in [6.07, 6.45) is 14.0. The lowest BCUT2D eigenvalue weighted by molar-refractivity contribution is 0.384. The number of benzene rings is 2. The number of hydrogen-bond acceptors (Lipinski definition) is 0. The fourth-order valence-corrected chi connectivity index (χ4v) is 4.43. The van der Waals surface area contributed by atoms with Crippen molar-refractivity contribution in [3.63, 3.8) is 0 Å². The van der Waals surface area contributed by atoms with Crippen molar-refractivity contribution in [3.05, 3.63) is 70.8 Å². The van der Waals surface area contributed by atoms with Crippen molar-refractivity contribution in [2.75, 3.05) is 0 Å². The molecule has 3 rings (SSSR count). The van der Waals surface area contributed by atoms with E-state index in [1.165, 1.54) is 87.3 Å². The molecule has 154 valence electrons. The molecule has 29 heavy (non-hydrogen) atoms. The summed E-state index contributed by atoms with van der Waals surface area (Å²) < 4.78 is 0. The van der Waals surface area contributed by atoms with Gasteiger partial charge in [0.15, 0.2) is 0 Å². The molecule has 0 saturated heterocycles. The Hall–Kier alpha value is -2.00. The molecule has 0 N–H and O–H groups in total. The molecule has 0 amide bonds. The zero-order valence-electron chi connectivity index (χ0n) is 18.6. The lowest BCUT2D eigenvalue weighted by Gasteiger charge is -2.26. The molecule has 0 unspecified atom stereocenters. The highest BCUT2D eigenvalue weighted by molar-refractivity contribution is 5.37. The standard InChI is InChI=1S/C29H38/c1-3-5-7-9-25-16-20-28(21-17-25)29-22-18-27(19-23-29)15-14-26-12-10-24(11-13-26)8-6-4-2/h10-13,16-17,20-21,27,29H,3-9,18-19,22-23H2,1-2H3/t27-,29-. The van der Waals surface area contributed by atoms with Gasteiger partial charge in [-0.2, -0.15) is 0 Å². The third-order valence-corrected chi connectivity index (χ3v) is 6.44. The molecule has 1 aliphatic carbocycles. The number of hydrogen-bond donors (Lipinski definition) is 0. The Kier molecular flexibility index (Phi) is 8.88. The van der Waals surface area contributed by atoms with Gasteiger partial charge in [-0.25, -0.2) is 0 Å². The van der Waals surface area contributed by atoms with Gasteiger partial charge in [0.25, 0.3) is 0 Å². The molecule has 1 aliphatic rings. The molecular formula is C29H38. The maximum Gasteiger partial charge on any atom is 0.0245 e. The van der Waals surface area contributed by atoms with Crippen LogP contribution in [0.3, 0.4) is 0 Å². The highest BCUT2D eigenvalue weighted by Gasteiger charge is 2.21. The van der Waals surface area contributed by atoms with E-state index in [0.717, 1.165) is 5.92 Å². The molecule has 1 fully saturated rings. The Labute approximate surface area is 179 Å². The van der Waals surface area contributed by atoms with Crippen LogP contribution in [-0.2, 0) is 12.8 Å². The predicted octanol–water partition coefficient (Wildman–Crippen LogP) is 8.09. The van der Waals surface area contributed by atoms with Gasteiger partial charge in [0.1, 0.15) is 0 Å². The Morgan fingerprint density at radius 1 is 0.690 bits per heavy atom. The summed E-state index contributed by atoms with van der Waals surface area (Å²) in [4.78, 5) is 0. The molecule has 0 heterocycles. The maximum atomic E-state index is 3.56. The van der Waals surface area contributed by atoms with Gasteiger partial charge < -0.3 is 0 Å². The van der Waals surface area contributed by atoms with Crippen molar-refractivity contribution in [1.29, 1.82) is 0 Å². The molecule has 0 radical (unpaired) electrons. The molecule has 0 atom stereocenters. The van der Waals surface area contributed by atoms with Crippen LogP contribution in [0.15, 0.2) is 48.5 Å². The van der Waals surface area contributed by atoms with E-state index in [0.29, 0.717) is 5.92 Å². The number of aryl methyl sites for hydroxylation is 2. The molecule has 0 spiro atoms. The number of rotatable bonds is 8. The van der Waals surface area contributed by atoms with Crippen LogP contribution in [0.25, 0.3) is 0 Å². The topological polar surface area (TPSA) is 0 Å². The van der Waals surface area contributed by atoms with Crippen molar-refractivity contribution in [3.8, 4) is 11.8 Å². The van der Waals surface area contributed by atoms with E-state index >= 15 is 0 Å². The number of unbranched alkanes of at least 4 members (excludes halogenated alkanes) is 3. The van der Waals surface area contributed by atoms with E-state index in [-0.39, 0.29) is 0 Å². The van der Waals surface area contributed by atoms with Crippen LogP contribution in [0.2, 0.25) is 0 Å². The van der Waals surface area contributed by atoms with Gasteiger partial charge in [0, 0.05) is 11.5 Å². The van der Waals surface area contributed by atoms with Crippen molar-refractivity contribution >= 4 is 0 Å². The Morgan fingerprint density at radius 3 is 1.90 bits per heavy atom. The van der Waals surface area contributed by atoms with Crippen LogP contribution in [0.1, 0.15) is 99.8 Å². The second-order valence-corrected chi connectivity index (χ2v) is 8.82. The van der Waals surface area contributed by atoms with E-state index in [9.17, 15) is 0 Å². The quantitative estimate of drug-likeness (QED) is 0.318. The first-order valence-corrected chi connectivity index (χ1v) is 12.0. The van der Waals surface area contributed by atoms with E-state index < -0.39 is 0 Å². The highest BCUT2D eigenvalue weighted by atomic mass is 14.2. The minimum Gasteiger partial charge on any atom is -0.0945 e. The fraction of sp³-hybridized carbons (Fsp3) is 0.517. The third-order valence-electron chi connectivity index (χ3n) is 6.44. The van der Waals surface area contributed by atoms with E-state index in [1.807, 2.05) is 0 Å². The average molecular weight is 387 g/mol. The summed E-state index contributed by atoms with van der Waals surface area (Å²) in [5.41, 5.74) is 5.65. The lowest BCUT2D eigenvalue weighted by Crippen LogP contribution is -2.12. The van der Waals surface area contributed by atoms with Crippen LogP contribution in [-0.4, -0.2) is 0 Å². The minimum atomic E-state index is 0.569. The van der Waals surface area contributed by atoms with Crippen molar-refractivity contribution < 1.29 is 0 Å². The van der Waals surface area contributed by atoms with Crippen LogP contribution in [0.4, 0.5) is 0 Å². The molecular weight excluding hydrogens is 348 g/mol. The zero-order chi connectivity index (χ0) is 20.3. The van der Waals surface area contributed by atoms with Crippen molar-refractivity contribution in [2.24, 2.45) is 5.92 Å². The molecule has 0 bridgehead atoms. The monoisotopic (exact) mass is 386 g/mol. The first-order valence-electron chi connectivity index (χ1n) is 12.0. The molecule has 1 saturated carbocycles. The van der Waals surface area contributed by atoms with Gasteiger partial charge in [-0.15, -0.1) is 0 Å². The summed E-state index contributed by atoms with van der Waals surface area (Å²) >= 11 is 0. The van der Waals surface area contributed by atoms with Crippen molar-refractivity contribution in [1.82, 2.24) is 0 Å². The molecule has 0 heteroatoms. The SMILES string of the molecule is CCCCCc1ccc([C@H]2CC[C@H](C#Cc3ccc(CCCC)cc3)CC2)cc1. The van der Waals surface area contributed by atoms with Gasteiger partial charge in [-0.05, 0) is 86.1 Å². The maximum absolute atomic E-state index is 3.56. The van der Waals surface area contributed by atoms with Crippen molar-refractivity contribution in [2.45, 2.75) is 90.4 Å². The van der Waals surface area contributed by atoms with Gasteiger partial charge in [-0.1, -0.05) is 81.3 Å². The summed E-state index contributed by atoms with van der Waals surface area (Å²) in [7, 11) is 0. The zero-order valence-corrected chi connectivity index (χ0v) is 18.6. The molecule has 0 nitrogen and oxygen atoms in total. The normalized spacial score (nSPS) is 18.8. The molecule has 0 aromatic heterocycles. The van der Waals surface area contributed by atoms with Crippen LogP contribution >= 0.6 is 0 Å². The Bertz CT molecular complexity index is 762. The van der Waals surface area contributed by atoms with E-state index in [4.69, 9.17) is 0 Å². The van der Waals surface area contributed by atoms with Gasteiger partial charge in [-0.3, -0.25) is 0 Å². The summed E-state index contributed by atoms with van der Waals surface area (Å²) in [5.74, 6) is 8.30. The Morgan fingerprint density at radius 2 is 1.28 bits per heavy atom. The second kappa shape index (κ2) is 11.9.